The molecule has 66 valence electrons. The van der Waals surface area contributed by atoms with Gasteiger partial charge in [-0.2, -0.15) is 0 Å². The van der Waals surface area contributed by atoms with Gasteiger partial charge in [-0.15, -0.1) is 0 Å². The Morgan fingerprint density at radius 2 is 2.36 bits per heavy atom. The molecule has 0 aromatic rings. The minimum absolute atomic E-state index is 0.342. The van der Waals surface area contributed by atoms with Gasteiger partial charge < -0.3 is 10.0 Å². The lowest BCUT2D eigenvalue weighted by molar-refractivity contribution is 0.163. The van der Waals surface area contributed by atoms with Gasteiger partial charge in [0.15, 0.2) is 0 Å². The highest BCUT2D eigenvalue weighted by molar-refractivity contribution is 5.72. The van der Waals surface area contributed by atoms with E-state index in [-0.39, 0.29) is 12.1 Å². The minimum atomic E-state index is -0.386. The number of carbonyl (C=O) groups is 1. The first-order valence-electron chi connectivity index (χ1n) is 3.47. The SMILES string of the molecule is CC(O)CCN(C)C(=O)NN. The van der Waals surface area contributed by atoms with E-state index in [4.69, 9.17) is 10.9 Å². The van der Waals surface area contributed by atoms with Crippen LogP contribution in [0.2, 0.25) is 0 Å². The summed E-state index contributed by atoms with van der Waals surface area (Å²) in [6.07, 6.45) is 0.173. The van der Waals surface area contributed by atoms with Gasteiger partial charge in [0.1, 0.15) is 0 Å². The third-order valence-electron chi connectivity index (χ3n) is 1.35. The average Bonchev–Trinajstić information content (AvgIpc) is 1.98. The lowest BCUT2D eigenvalue weighted by Gasteiger charge is -2.16. The maximum atomic E-state index is 10.7. The minimum Gasteiger partial charge on any atom is -0.393 e. The van der Waals surface area contributed by atoms with Gasteiger partial charge in [0.25, 0.3) is 0 Å². The van der Waals surface area contributed by atoms with Crippen LogP contribution in [0.1, 0.15) is 13.3 Å². The number of hydrogen-bond donors (Lipinski definition) is 3. The predicted molar refractivity (Wildman–Crippen MR) is 41.6 cm³/mol. The molecular weight excluding hydrogens is 146 g/mol. The van der Waals surface area contributed by atoms with Gasteiger partial charge in [0.05, 0.1) is 6.10 Å². The molecule has 1 atom stereocenters. The van der Waals surface area contributed by atoms with Crippen LogP contribution in [0, 0.1) is 0 Å². The van der Waals surface area contributed by atoms with E-state index in [1.54, 1.807) is 14.0 Å². The number of amides is 2. The molecule has 0 aromatic carbocycles. The summed E-state index contributed by atoms with van der Waals surface area (Å²) in [6.45, 7) is 2.18. The molecule has 0 aliphatic carbocycles. The molecule has 0 spiro atoms. The summed E-state index contributed by atoms with van der Waals surface area (Å²) < 4.78 is 0. The van der Waals surface area contributed by atoms with Crippen LogP contribution in [0.4, 0.5) is 4.79 Å². The number of aliphatic hydroxyl groups excluding tert-OH is 1. The van der Waals surface area contributed by atoms with E-state index >= 15 is 0 Å². The summed E-state index contributed by atoms with van der Waals surface area (Å²) in [4.78, 5) is 12.1. The molecule has 1 unspecified atom stereocenters. The summed E-state index contributed by atoms with van der Waals surface area (Å²) in [5, 5.41) is 8.87. The van der Waals surface area contributed by atoms with E-state index in [9.17, 15) is 4.79 Å². The molecule has 0 aromatic heterocycles. The van der Waals surface area contributed by atoms with Crippen molar-refractivity contribution >= 4 is 6.03 Å². The van der Waals surface area contributed by atoms with Gasteiger partial charge in [-0.05, 0) is 13.3 Å². The Hall–Kier alpha value is -0.810. The largest absolute Gasteiger partial charge is 0.393 e. The first kappa shape index (κ1) is 10.2. The number of carbonyl (C=O) groups excluding carboxylic acids is 1. The predicted octanol–water partition coefficient (Wildman–Crippen LogP) is -0.728. The third kappa shape index (κ3) is 4.58. The lowest BCUT2D eigenvalue weighted by atomic mass is 10.3. The van der Waals surface area contributed by atoms with Crippen molar-refractivity contribution < 1.29 is 9.90 Å². The summed E-state index contributed by atoms with van der Waals surface area (Å²) >= 11 is 0. The van der Waals surface area contributed by atoms with Crippen LogP contribution in [0.5, 0.6) is 0 Å². The monoisotopic (exact) mass is 161 g/mol. The summed E-state index contributed by atoms with van der Waals surface area (Å²) in [5.74, 6) is 4.88. The Balaban J connectivity index is 3.52. The van der Waals surface area contributed by atoms with Crippen molar-refractivity contribution in [3.63, 3.8) is 0 Å². The highest BCUT2D eigenvalue weighted by Crippen LogP contribution is 1.92. The van der Waals surface area contributed by atoms with Crippen molar-refractivity contribution in [3.8, 4) is 0 Å². The van der Waals surface area contributed by atoms with Gasteiger partial charge in [-0.3, -0.25) is 5.43 Å². The molecule has 0 rings (SSSR count). The van der Waals surface area contributed by atoms with Crippen LogP contribution in [-0.2, 0) is 0 Å². The first-order chi connectivity index (χ1) is 5.07. The molecular formula is C6H15N3O2. The molecule has 0 aliphatic rings. The number of hydrogen-bond acceptors (Lipinski definition) is 3. The molecule has 0 fully saturated rings. The van der Waals surface area contributed by atoms with Crippen LogP contribution in [0.15, 0.2) is 0 Å². The van der Waals surface area contributed by atoms with Crippen LogP contribution >= 0.6 is 0 Å². The summed E-state index contributed by atoms with van der Waals surface area (Å²) in [7, 11) is 1.62. The molecule has 0 aliphatic heterocycles. The summed E-state index contributed by atoms with van der Waals surface area (Å²) in [5.41, 5.74) is 1.99. The van der Waals surface area contributed by atoms with Crippen molar-refractivity contribution in [2.45, 2.75) is 19.4 Å². The second-order valence-electron chi connectivity index (χ2n) is 2.51. The van der Waals surface area contributed by atoms with Gasteiger partial charge in [0.2, 0.25) is 0 Å². The number of nitrogens with two attached hydrogens (primary N) is 1. The fraction of sp³-hybridized carbons (Fsp3) is 0.833. The van der Waals surface area contributed by atoms with Crippen molar-refractivity contribution in [2.75, 3.05) is 13.6 Å². The Labute approximate surface area is 66.1 Å². The normalized spacial score (nSPS) is 12.4. The van der Waals surface area contributed by atoms with Crippen molar-refractivity contribution in [2.24, 2.45) is 5.84 Å². The van der Waals surface area contributed by atoms with Crippen molar-refractivity contribution in [1.82, 2.24) is 10.3 Å². The zero-order valence-electron chi connectivity index (χ0n) is 6.87. The standard InChI is InChI=1S/C6H15N3O2/c1-5(10)3-4-9(2)6(11)8-7/h5,10H,3-4,7H2,1-2H3,(H,8,11). The third-order valence-corrected chi connectivity index (χ3v) is 1.35. The van der Waals surface area contributed by atoms with Crippen LogP contribution in [0.25, 0.3) is 0 Å². The van der Waals surface area contributed by atoms with Gasteiger partial charge in [-0.25, -0.2) is 10.6 Å². The van der Waals surface area contributed by atoms with E-state index in [0.29, 0.717) is 13.0 Å². The van der Waals surface area contributed by atoms with E-state index in [0.717, 1.165) is 0 Å². The Morgan fingerprint density at radius 3 is 2.73 bits per heavy atom. The fourth-order valence-corrected chi connectivity index (χ4v) is 0.592. The van der Waals surface area contributed by atoms with Crippen molar-refractivity contribution in [1.29, 1.82) is 0 Å². The Morgan fingerprint density at radius 1 is 1.82 bits per heavy atom. The highest BCUT2D eigenvalue weighted by Gasteiger charge is 2.06. The van der Waals surface area contributed by atoms with E-state index < -0.39 is 0 Å². The average molecular weight is 161 g/mol. The second kappa shape index (κ2) is 4.92. The second-order valence-corrected chi connectivity index (χ2v) is 2.51. The summed E-state index contributed by atoms with van der Waals surface area (Å²) in [6, 6.07) is -0.342. The molecule has 0 bridgehead atoms. The molecule has 0 radical (unpaired) electrons. The van der Waals surface area contributed by atoms with Crippen LogP contribution in [-0.4, -0.2) is 35.7 Å². The van der Waals surface area contributed by atoms with Gasteiger partial charge in [-0.1, -0.05) is 0 Å². The number of urea groups is 1. The Kier molecular flexibility index (Phi) is 4.56. The fourth-order valence-electron chi connectivity index (χ4n) is 0.592. The van der Waals surface area contributed by atoms with E-state index in [1.165, 1.54) is 4.90 Å². The first-order valence-corrected chi connectivity index (χ1v) is 3.47. The number of nitrogens with one attached hydrogen (secondary N) is 1. The molecule has 0 saturated heterocycles. The van der Waals surface area contributed by atoms with Gasteiger partial charge >= 0.3 is 6.03 Å². The maximum Gasteiger partial charge on any atom is 0.331 e. The smallest absolute Gasteiger partial charge is 0.331 e. The Bertz CT molecular complexity index is 127. The highest BCUT2D eigenvalue weighted by atomic mass is 16.3. The van der Waals surface area contributed by atoms with E-state index in [1.807, 2.05) is 5.43 Å². The molecule has 0 heterocycles. The van der Waals surface area contributed by atoms with Crippen molar-refractivity contribution in [3.05, 3.63) is 0 Å². The number of nitrogens with zero attached hydrogens (tertiary/aromatic N) is 1. The van der Waals surface area contributed by atoms with Gasteiger partial charge in [0, 0.05) is 13.6 Å². The topological polar surface area (TPSA) is 78.6 Å². The molecule has 11 heavy (non-hydrogen) atoms. The zero-order valence-corrected chi connectivity index (χ0v) is 6.87. The zero-order chi connectivity index (χ0) is 8.85. The quantitative estimate of drug-likeness (QED) is 0.290. The molecule has 5 nitrogen and oxygen atoms in total. The number of rotatable bonds is 3. The van der Waals surface area contributed by atoms with Crippen LogP contribution in [0.3, 0.4) is 0 Å². The number of hydrazine groups is 1. The van der Waals surface area contributed by atoms with Crippen LogP contribution < -0.4 is 11.3 Å². The van der Waals surface area contributed by atoms with E-state index in [2.05, 4.69) is 0 Å². The molecule has 2 amide bonds. The molecule has 4 N–H and O–H groups in total. The lowest BCUT2D eigenvalue weighted by Crippen LogP contribution is -2.42. The maximum absolute atomic E-state index is 10.7. The number of aliphatic hydroxyl groups is 1. The molecule has 0 saturated carbocycles. The molecule has 5 heteroatoms.